The zero-order valence-electron chi connectivity index (χ0n) is 15.0. The van der Waals surface area contributed by atoms with Gasteiger partial charge in [-0.15, -0.1) is 0 Å². The lowest BCUT2D eigenvalue weighted by molar-refractivity contribution is 0.586. The van der Waals surface area contributed by atoms with Gasteiger partial charge in [-0.1, -0.05) is 62.2 Å². The summed E-state index contributed by atoms with van der Waals surface area (Å²) in [6.07, 6.45) is 0. The van der Waals surface area contributed by atoms with Crippen LogP contribution in [0.4, 0.5) is 0 Å². The first-order chi connectivity index (χ1) is 11.3. The first-order valence-electron chi connectivity index (χ1n) is 8.27. The highest BCUT2D eigenvalue weighted by Gasteiger charge is 2.27. The molecule has 0 radical (unpaired) electrons. The molecule has 0 saturated carbocycles. The molecule has 0 unspecified atom stereocenters. The van der Waals surface area contributed by atoms with E-state index >= 15 is 0 Å². The van der Waals surface area contributed by atoms with Crippen molar-refractivity contribution in [2.45, 2.75) is 40.0 Å². The van der Waals surface area contributed by atoms with Crippen molar-refractivity contribution >= 4 is 0 Å². The van der Waals surface area contributed by atoms with Crippen LogP contribution in [0, 0.1) is 13.8 Å². The van der Waals surface area contributed by atoms with E-state index in [0.29, 0.717) is 0 Å². The third-order valence-electron chi connectivity index (χ3n) is 4.24. The van der Waals surface area contributed by atoms with Gasteiger partial charge in [-0.2, -0.15) is 0 Å². The Morgan fingerprint density at radius 3 is 2.17 bits per heavy atom. The van der Waals surface area contributed by atoms with Gasteiger partial charge in [0.25, 0.3) is 5.56 Å². The number of aromatic amines is 1. The Bertz CT molecular complexity index is 922. The second-order valence-electron chi connectivity index (χ2n) is 7.46. The molecule has 2 aromatic carbocycles. The third-order valence-corrected chi connectivity index (χ3v) is 4.24. The molecule has 0 fully saturated rings. The molecular formula is C21H24N2O. The number of H-pyrrole nitrogens is 1. The average molecular weight is 320 g/mol. The Morgan fingerprint density at radius 2 is 1.58 bits per heavy atom. The van der Waals surface area contributed by atoms with Crippen LogP contribution < -0.4 is 5.56 Å². The number of aryl methyl sites for hydroxylation is 2. The zero-order valence-corrected chi connectivity index (χ0v) is 15.0. The highest BCUT2D eigenvalue weighted by atomic mass is 16.1. The summed E-state index contributed by atoms with van der Waals surface area (Å²) in [6.45, 7) is 10.3. The molecule has 3 aromatic rings. The van der Waals surface area contributed by atoms with E-state index in [-0.39, 0.29) is 11.0 Å². The van der Waals surface area contributed by atoms with Crippen molar-refractivity contribution in [2.24, 2.45) is 0 Å². The summed E-state index contributed by atoms with van der Waals surface area (Å²) in [5.41, 5.74) is 5.73. The van der Waals surface area contributed by atoms with Gasteiger partial charge in [-0.25, -0.2) is 4.68 Å². The number of rotatable bonds is 2. The maximum absolute atomic E-state index is 13.1. The van der Waals surface area contributed by atoms with E-state index in [0.717, 1.165) is 22.5 Å². The highest BCUT2D eigenvalue weighted by Crippen LogP contribution is 2.30. The Labute approximate surface area is 143 Å². The first kappa shape index (κ1) is 16.3. The molecular weight excluding hydrogens is 296 g/mol. The highest BCUT2D eigenvalue weighted by molar-refractivity contribution is 5.65. The summed E-state index contributed by atoms with van der Waals surface area (Å²) >= 11 is 0. The van der Waals surface area contributed by atoms with Gasteiger partial charge in [0, 0.05) is 5.56 Å². The number of benzene rings is 2. The predicted molar refractivity (Wildman–Crippen MR) is 100.0 cm³/mol. The fourth-order valence-corrected chi connectivity index (χ4v) is 3.02. The second-order valence-corrected chi connectivity index (χ2v) is 7.46. The molecule has 1 N–H and O–H groups in total. The Morgan fingerprint density at radius 1 is 0.917 bits per heavy atom. The number of hydrogen-bond acceptors (Lipinski definition) is 1. The quantitative estimate of drug-likeness (QED) is 0.727. The lowest BCUT2D eigenvalue weighted by atomic mass is 9.85. The monoisotopic (exact) mass is 320 g/mol. The van der Waals surface area contributed by atoms with Gasteiger partial charge in [0.2, 0.25) is 0 Å². The van der Waals surface area contributed by atoms with E-state index in [1.54, 1.807) is 4.68 Å². The van der Waals surface area contributed by atoms with Crippen molar-refractivity contribution < 1.29 is 0 Å². The van der Waals surface area contributed by atoms with Gasteiger partial charge in [0.1, 0.15) is 0 Å². The predicted octanol–water partition coefficient (Wildman–Crippen LogP) is 4.75. The summed E-state index contributed by atoms with van der Waals surface area (Å²) in [5, 5.41) is 3.34. The molecule has 0 bridgehead atoms. The molecule has 0 aliphatic carbocycles. The van der Waals surface area contributed by atoms with Gasteiger partial charge in [-0.05, 0) is 37.5 Å². The van der Waals surface area contributed by atoms with Crippen LogP contribution in [-0.4, -0.2) is 9.78 Å². The molecule has 1 heterocycles. The molecule has 24 heavy (non-hydrogen) atoms. The summed E-state index contributed by atoms with van der Waals surface area (Å²) in [6, 6.07) is 16.2. The Kier molecular flexibility index (Phi) is 3.96. The van der Waals surface area contributed by atoms with Crippen LogP contribution in [0.2, 0.25) is 0 Å². The normalized spacial score (nSPS) is 11.7. The number of nitrogens with one attached hydrogen (secondary N) is 1. The fraction of sp³-hybridized carbons (Fsp3) is 0.286. The smallest absolute Gasteiger partial charge is 0.275 e. The molecule has 0 atom stereocenters. The number of aromatic nitrogens is 2. The van der Waals surface area contributed by atoms with Crippen molar-refractivity contribution in [3.63, 3.8) is 0 Å². The minimum atomic E-state index is -0.247. The molecule has 0 spiro atoms. The summed E-state index contributed by atoms with van der Waals surface area (Å²) in [7, 11) is 0. The molecule has 1 aromatic heterocycles. The minimum absolute atomic E-state index is 0.0165. The van der Waals surface area contributed by atoms with E-state index in [4.69, 9.17) is 0 Å². The van der Waals surface area contributed by atoms with Crippen molar-refractivity contribution in [1.82, 2.24) is 9.78 Å². The first-order valence-corrected chi connectivity index (χ1v) is 8.27. The number of nitrogens with zero attached hydrogens (tertiary/aromatic N) is 1. The van der Waals surface area contributed by atoms with E-state index in [1.165, 1.54) is 11.1 Å². The van der Waals surface area contributed by atoms with E-state index < -0.39 is 0 Å². The molecule has 0 amide bonds. The van der Waals surface area contributed by atoms with Crippen molar-refractivity contribution in [2.75, 3.05) is 0 Å². The van der Waals surface area contributed by atoms with E-state index in [2.05, 4.69) is 44.9 Å². The van der Waals surface area contributed by atoms with Crippen LogP contribution in [-0.2, 0) is 5.41 Å². The van der Waals surface area contributed by atoms with Gasteiger partial charge < -0.3 is 0 Å². The van der Waals surface area contributed by atoms with Crippen molar-refractivity contribution in [3.8, 4) is 16.9 Å². The fourth-order valence-electron chi connectivity index (χ4n) is 3.02. The molecule has 3 nitrogen and oxygen atoms in total. The molecule has 0 aliphatic rings. The maximum Gasteiger partial charge on any atom is 0.275 e. The Hall–Kier alpha value is -2.55. The largest absolute Gasteiger partial charge is 0.290 e. The third kappa shape index (κ3) is 2.94. The molecule has 3 rings (SSSR count). The molecule has 124 valence electrons. The van der Waals surface area contributed by atoms with Crippen LogP contribution in [0.3, 0.4) is 0 Å². The van der Waals surface area contributed by atoms with Crippen LogP contribution in [0.1, 0.15) is 37.5 Å². The molecule has 0 saturated heterocycles. The Balaban J connectivity index is 2.28. The van der Waals surface area contributed by atoms with Crippen LogP contribution in [0.15, 0.2) is 53.3 Å². The topological polar surface area (TPSA) is 37.8 Å². The number of hydrogen-bond donors (Lipinski definition) is 1. The van der Waals surface area contributed by atoms with Gasteiger partial charge in [0.15, 0.2) is 0 Å². The summed E-state index contributed by atoms with van der Waals surface area (Å²) in [5.74, 6) is 0. The van der Waals surface area contributed by atoms with Crippen LogP contribution in [0.25, 0.3) is 16.9 Å². The maximum atomic E-state index is 13.1. The minimum Gasteiger partial charge on any atom is -0.290 e. The lowest BCUT2D eigenvalue weighted by Gasteiger charge is -2.17. The average Bonchev–Trinajstić information content (AvgIpc) is 2.86. The van der Waals surface area contributed by atoms with Crippen LogP contribution in [0.5, 0.6) is 0 Å². The van der Waals surface area contributed by atoms with Gasteiger partial charge in [-0.3, -0.25) is 9.89 Å². The summed E-state index contributed by atoms with van der Waals surface area (Å²) in [4.78, 5) is 13.1. The van der Waals surface area contributed by atoms with Gasteiger partial charge >= 0.3 is 0 Å². The molecule has 3 heteroatoms. The van der Waals surface area contributed by atoms with Crippen molar-refractivity contribution in [1.29, 1.82) is 0 Å². The van der Waals surface area contributed by atoms with Crippen LogP contribution >= 0.6 is 0 Å². The summed E-state index contributed by atoms with van der Waals surface area (Å²) < 4.78 is 1.65. The van der Waals surface area contributed by atoms with E-state index in [9.17, 15) is 4.79 Å². The van der Waals surface area contributed by atoms with E-state index in [1.807, 2.05) is 43.3 Å². The molecule has 0 aliphatic heterocycles. The zero-order chi connectivity index (χ0) is 17.5. The SMILES string of the molecule is Cc1ccc(-n2[nH]c(-c3cccc(C)c3)c(C(C)(C)C)c2=O)cc1. The van der Waals surface area contributed by atoms with Crippen molar-refractivity contribution in [3.05, 3.63) is 75.6 Å². The van der Waals surface area contributed by atoms with Gasteiger partial charge in [0.05, 0.1) is 16.9 Å². The standard InChI is InChI=1S/C21H24N2O/c1-14-9-11-17(12-10-14)23-20(24)18(21(3,4)5)19(22-23)16-8-6-7-15(2)13-16/h6-13,22H,1-5H3. The second kappa shape index (κ2) is 5.82. The lowest BCUT2D eigenvalue weighted by Crippen LogP contribution is -2.25.